The zero-order valence-corrected chi connectivity index (χ0v) is 18.1. The predicted molar refractivity (Wildman–Crippen MR) is 117 cm³/mol. The third-order valence-electron chi connectivity index (χ3n) is 5.34. The van der Waals surface area contributed by atoms with Crippen LogP contribution in [0.1, 0.15) is 44.6 Å². The highest BCUT2D eigenvalue weighted by atomic mass is 16.5. The molecular formula is C24H26N2O5. The minimum absolute atomic E-state index is 0.271. The van der Waals surface area contributed by atoms with Gasteiger partial charge in [0.15, 0.2) is 6.10 Å². The molecule has 1 atom stereocenters. The van der Waals surface area contributed by atoms with Crippen molar-refractivity contribution < 1.29 is 19.4 Å². The summed E-state index contributed by atoms with van der Waals surface area (Å²) in [4.78, 5) is 29.9. The number of aryl methyl sites for hydroxylation is 1. The van der Waals surface area contributed by atoms with Gasteiger partial charge in [-0.15, -0.1) is 0 Å². The van der Waals surface area contributed by atoms with E-state index in [0.717, 1.165) is 24.0 Å². The molecule has 0 saturated heterocycles. The van der Waals surface area contributed by atoms with Gasteiger partial charge in [0.25, 0.3) is 5.56 Å². The number of fused-ring (bicyclic) bond motifs is 2. The number of carboxylic acids is 1. The highest BCUT2D eigenvalue weighted by Gasteiger charge is 2.33. The summed E-state index contributed by atoms with van der Waals surface area (Å²) in [5, 5.41) is 11.2. The fourth-order valence-corrected chi connectivity index (χ4v) is 4.05. The number of carboxylic acid groups (broad SMARTS) is 1. The number of aromatic nitrogens is 2. The third kappa shape index (κ3) is 3.93. The van der Waals surface area contributed by atoms with Crippen molar-refractivity contribution in [1.29, 1.82) is 0 Å². The van der Waals surface area contributed by atoms with Gasteiger partial charge in [0, 0.05) is 35.3 Å². The Labute approximate surface area is 180 Å². The number of rotatable bonds is 4. The molecule has 162 valence electrons. The second-order valence-electron chi connectivity index (χ2n) is 8.76. The van der Waals surface area contributed by atoms with Crippen molar-refractivity contribution in [2.45, 2.75) is 45.3 Å². The van der Waals surface area contributed by atoms with Gasteiger partial charge in [-0.05, 0) is 51.1 Å². The van der Waals surface area contributed by atoms with E-state index in [1.54, 1.807) is 46.1 Å². The van der Waals surface area contributed by atoms with Gasteiger partial charge in [-0.3, -0.25) is 4.79 Å². The molecule has 0 fully saturated rings. The van der Waals surface area contributed by atoms with Crippen molar-refractivity contribution in [2.24, 2.45) is 7.05 Å². The first kappa shape index (κ1) is 21.1. The molecule has 1 unspecified atom stereocenters. The van der Waals surface area contributed by atoms with Crippen LogP contribution in [-0.4, -0.2) is 32.8 Å². The lowest BCUT2D eigenvalue weighted by Crippen LogP contribution is -2.33. The maximum absolute atomic E-state index is 13.1. The van der Waals surface area contributed by atoms with E-state index in [9.17, 15) is 14.7 Å². The van der Waals surface area contributed by atoms with E-state index in [1.165, 1.54) is 4.57 Å². The van der Waals surface area contributed by atoms with Crippen LogP contribution in [-0.2, 0) is 23.0 Å². The second kappa shape index (κ2) is 7.81. The highest BCUT2D eigenvalue weighted by Crippen LogP contribution is 2.38. The number of nitrogens with zero attached hydrogens (tertiary/aromatic N) is 2. The molecule has 1 aromatic carbocycles. The first-order chi connectivity index (χ1) is 14.7. The molecule has 0 spiro atoms. The van der Waals surface area contributed by atoms with Crippen molar-refractivity contribution in [3.63, 3.8) is 0 Å². The fraction of sp³-hybridized carbons (Fsp3) is 0.375. The van der Waals surface area contributed by atoms with Gasteiger partial charge >= 0.3 is 5.97 Å². The van der Waals surface area contributed by atoms with Crippen LogP contribution in [0.2, 0.25) is 0 Å². The maximum atomic E-state index is 13.1. The molecule has 1 aliphatic heterocycles. The normalized spacial score (nSPS) is 14.7. The molecular weight excluding hydrogens is 396 g/mol. The summed E-state index contributed by atoms with van der Waals surface area (Å²) in [5.74, 6) is -0.554. The molecule has 4 rings (SSSR count). The Morgan fingerprint density at radius 3 is 2.65 bits per heavy atom. The van der Waals surface area contributed by atoms with Crippen molar-refractivity contribution >= 4 is 16.7 Å². The summed E-state index contributed by atoms with van der Waals surface area (Å²) in [6, 6.07) is 9.20. The summed E-state index contributed by atoms with van der Waals surface area (Å²) < 4.78 is 13.0. The van der Waals surface area contributed by atoms with Gasteiger partial charge in [-0.2, -0.15) is 0 Å². The molecule has 0 saturated carbocycles. The Hall–Kier alpha value is -3.19. The molecule has 0 radical (unpaired) electrons. The van der Waals surface area contributed by atoms with Crippen LogP contribution >= 0.6 is 0 Å². The lowest BCUT2D eigenvalue weighted by atomic mass is 9.93. The van der Waals surface area contributed by atoms with Crippen LogP contribution in [0.15, 0.2) is 41.3 Å². The number of benzene rings is 1. The van der Waals surface area contributed by atoms with Crippen molar-refractivity contribution in [3.05, 3.63) is 58.1 Å². The maximum Gasteiger partial charge on any atom is 0.339 e. The summed E-state index contributed by atoms with van der Waals surface area (Å²) in [6.07, 6.45) is 2.07. The molecule has 31 heavy (non-hydrogen) atoms. The lowest BCUT2D eigenvalue weighted by molar-refractivity contribution is -0.161. The Morgan fingerprint density at radius 2 is 1.97 bits per heavy atom. The molecule has 0 aliphatic carbocycles. The smallest absolute Gasteiger partial charge is 0.339 e. The first-order valence-electron chi connectivity index (χ1n) is 10.3. The van der Waals surface area contributed by atoms with Crippen LogP contribution < -0.4 is 10.3 Å². The van der Waals surface area contributed by atoms with Crippen LogP contribution in [0.25, 0.3) is 21.9 Å². The molecule has 3 aromatic rings. The Morgan fingerprint density at radius 1 is 1.26 bits per heavy atom. The number of pyridine rings is 2. The molecule has 1 aliphatic rings. The topological polar surface area (TPSA) is 90.7 Å². The van der Waals surface area contributed by atoms with Gasteiger partial charge in [-0.25, -0.2) is 9.78 Å². The Bertz CT molecular complexity index is 1220. The monoisotopic (exact) mass is 422 g/mol. The molecule has 3 heterocycles. The third-order valence-corrected chi connectivity index (χ3v) is 5.34. The fourth-order valence-electron chi connectivity index (χ4n) is 4.05. The summed E-state index contributed by atoms with van der Waals surface area (Å²) in [7, 11) is 1.59. The van der Waals surface area contributed by atoms with Crippen molar-refractivity contribution in [2.75, 3.05) is 6.61 Å². The molecule has 0 amide bonds. The average molecular weight is 422 g/mol. The Balaban J connectivity index is 2.07. The van der Waals surface area contributed by atoms with Gasteiger partial charge in [0.2, 0.25) is 5.88 Å². The Kier molecular flexibility index (Phi) is 5.31. The number of ether oxygens (including phenoxy) is 2. The quantitative estimate of drug-likeness (QED) is 0.686. The number of hydrogen-bond acceptors (Lipinski definition) is 5. The summed E-state index contributed by atoms with van der Waals surface area (Å²) in [5.41, 5.74) is 1.63. The van der Waals surface area contributed by atoms with Crippen molar-refractivity contribution in [3.8, 4) is 17.0 Å². The van der Waals surface area contributed by atoms with E-state index in [-0.39, 0.29) is 5.56 Å². The second-order valence-corrected chi connectivity index (χ2v) is 8.76. The highest BCUT2D eigenvalue weighted by molar-refractivity contribution is 5.98. The zero-order valence-electron chi connectivity index (χ0n) is 18.1. The van der Waals surface area contributed by atoms with E-state index in [2.05, 4.69) is 4.98 Å². The lowest BCUT2D eigenvalue weighted by Gasteiger charge is -2.28. The molecule has 7 nitrogen and oxygen atoms in total. The van der Waals surface area contributed by atoms with Crippen LogP contribution in [0.4, 0.5) is 0 Å². The minimum atomic E-state index is -1.33. The van der Waals surface area contributed by atoms with Gasteiger partial charge in [-0.1, -0.05) is 18.2 Å². The number of carbonyl (C=O) groups is 1. The molecule has 7 heteroatoms. The average Bonchev–Trinajstić information content (AvgIpc) is 2.73. The summed E-state index contributed by atoms with van der Waals surface area (Å²) >= 11 is 0. The largest absolute Gasteiger partial charge is 0.479 e. The van der Waals surface area contributed by atoms with Gasteiger partial charge in [0.1, 0.15) is 0 Å². The van der Waals surface area contributed by atoms with E-state index in [4.69, 9.17) is 9.47 Å². The van der Waals surface area contributed by atoms with E-state index < -0.39 is 17.7 Å². The van der Waals surface area contributed by atoms with Crippen LogP contribution in [0, 0.1) is 0 Å². The SMILES string of the molecule is Cn1c(C(OC(C)(C)C)C(=O)O)c(-c2cnc3c(c2)CCCO3)c2ccccc2c1=O. The standard InChI is InChI=1S/C24H26N2O5/c1-24(2,3)31-20(23(28)29)19-18(15-12-14-8-7-11-30-21(14)25-13-15)16-9-5-6-10-17(16)22(27)26(19)4/h5-6,9-10,12-13,20H,7-8,11H2,1-4H3,(H,28,29). The van der Waals surface area contributed by atoms with Gasteiger partial charge < -0.3 is 19.1 Å². The van der Waals surface area contributed by atoms with Crippen molar-refractivity contribution in [1.82, 2.24) is 9.55 Å². The van der Waals surface area contributed by atoms with Crippen LogP contribution in [0.3, 0.4) is 0 Å². The molecule has 0 bridgehead atoms. The van der Waals surface area contributed by atoms with E-state index >= 15 is 0 Å². The summed E-state index contributed by atoms with van der Waals surface area (Å²) in [6.45, 7) is 6.01. The van der Waals surface area contributed by atoms with Crippen LogP contribution in [0.5, 0.6) is 5.88 Å². The number of aliphatic carboxylic acids is 1. The molecule has 1 N–H and O–H groups in total. The molecule has 2 aromatic heterocycles. The van der Waals surface area contributed by atoms with E-state index in [0.29, 0.717) is 34.5 Å². The zero-order chi connectivity index (χ0) is 22.3. The number of hydrogen-bond donors (Lipinski definition) is 1. The predicted octanol–water partition coefficient (Wildman–Crippen LogP) is 3.87. The van der Waals surface area contributed by atoms with E-state index in [1.807, 2.05) is 18.2 Å². The minimum Gasteiger partial charge on any atom is -0.479 e. The van der Waals surface area contributed by atoms with Gasteiger partial charge in [0.05, 0.1) is 17.9 Å². The first-order valence-corrected chi connectivity index (χ1v) is 10.3.